The molecule has 0 fully saturated rings. The number of alkyl halides is 6. The van der Waals surface area contributed by atoms with E-state index in [1.54, 1.807) is 0 Å². The summed E-state index contributed by atoms with van der Waals surface area (Å²) in [7, 11) is -8.16. The Bertz CT molecular complexity index is 1850. The number of fused-ring (bicyclic) bond motifs is 8. The van der Waals surface area contributed by atoms with Crippen molar-refractivity contribution in [2.45, 2.75) is 11.0 Å². The average molecular weight is 722 g/mol. The van der Waals surface area contributed by atoms with E-state index in [4.69, 9.17) is 45.9 Å². The molecule has 0 amide bonds. The van der Waals surface area contributed by atoms with Gasteiger partial charge in [-0.1, -0.05) is 47.4 Å². The second kappa shape index (κ2) is 14.3. The van der Waals surface area contributed by atoms with Crippen LogP contribution in [0, 0.1) is 0 Å². The SMILES string of the molecule is C[NH2+]c1c2nc(cc3ccc([n-]3)c([NH2+]C)c3nc(cc4ccc1[n-]4)C=C3)C=C2.O=S(=O)([O-])C(F)(F)F.O=S(=O)([O-])C(F)(F)F.[Fe+2]. The molecule has 3 aromatic heterocycles. The number of hydrogen-bond donors (Lipinski definition) is 2. The second-order valence-corrected chi connectivity index (χ2v) is 11.3. The fourth-order valence-corrected chi connectivity index (χ4v) is 3.59. The molecule has 3 aromatic rings. The third-order valence-corrected chi connectivity index (χ3v) is 6.62. The van der Waals surface area contributed by atoms with E-state index in [1.807, 2.05) is 74.8 Å². The van der Waals surface area contributed by atoms with Gasteiger partial charge >= 0.3 is 28.1 Å². The Labute approximate surface area is 261 Å². The number of aromatic nitrogens is 4. The second-order valence-electron chi connectivity index (χ2n) is 8.51. The molecular formula is C24H20F6FeN6O6S2. The summed E-state index contributed by atoms with van der Waals surface area (Å²) in [5.74, 6) is 0. The van der Waals surface area contributed by atoms with Gasteiger partial charge in [0.1, 0.15) is 22.8 Å². The summed E-state index contributed by atoms with van der Waals surface area (Å²) in [4.78, 5) is 19.1. The fraction of sp³-hybridized carbons (Fsp3) is 0.167. The van der Waals surface area contributed by atoms with Crippen LogP contribution in [0.15, 0.2) is 36.4 Å². The van der Waals surface area contributed by atoms with Crippen molar-refractivity contribution in [1.82, 2.24) is 19.9 Å². The molecule has 0 saturated heterocycles. The van der Waals surface area contributed by atoms with Crippen molar-refractivity contribution in [2.75, 3.05) is 14.1 Å². The van der Waals surface area contributed by atoms with E-state index in [-0.39, 0.29) is 17.1 Å². The third-order valence-electron chi connectivity index (χ3n) is 5.49. The molecule has 0 aliphatic carbocycles. The van der Waals surface area contributed by atoms with Crippen LogP contribution in [0.25, 0.3) is 46.4 Å². The largest absolute Gasteiger partial charge is 2.00 e. The first-order valence-electron chi connectivity index (χ1n) is 11.9. The van der Waals surface area contributed by atoms with E-state index in [0.29, 0.717) is 0 Å². The first-order chi connectivity index (χ1) is 20.2. The van der Waals surface area contributed by atoms with E-state index in [9.17, 15) is 26.3 Å². The van der Waals surface area contributed by atoms with Gasteiger partial charge in [-0.25, -0.2) is 26.8 Å². The number of rotatable bonds is 2. The summed E-state index contributed by atoms with van der Waals surface area (Å²) in [5, 5.41) is 4.11. The van der Waals surface area contributed by atoms with Crippen LogP contribution in [0.2, 0.25) is 0 Å². The Hall–Kier alpha value is -3.56. The molecule has 8 bridgehead atoms. The monoisotopic (exact) mass is 722 g/mol. The topological polar surface area (TPSA) is 202 Å². The van der Waals surface area contributed by atoms with E-state index in [0.717, 1.165) is 56.2 Å². The maximum absolute atomic E-state index is 10.7. The summed E-state index contributed by atoms with van der Waals surface area (Å²) in [6, 6.07) is 12.1. The average Bonchev–Trinajstić information content (AvgIpc) is 3.69. The van der Waals surface area contributed by atoms with Crippen LogP contribution in [0.1, 0.15) is 22.8 Å². The molecule has 2 aliphatic heterocycles. The zero-order valence-corrected chi connectivity index (χ0v) is 25.3. The summed E-state index contributed by atoms with van der Waals surface area (Å²) in [5.41, 5.74) is -2.02. The molecule has 0 radical (unpaired) electrons. The van der Waals surface area contributed by atoms with Gasteiger partial charge in [0.15, 0.2) is 20.2 Å². The van der Waals surface area contributed by atoms with Crippen LogP contribution in [-0.2, 0) is 37.3 Å². The van der Waals surface area contributed by atoms with Gasteiger partial charge in [0.05, 0.1) is 25.5 Å². The van der Waals surface area contributed by atoms with E-state index in [2.05, 4.69) is 10.6 Å². The van der Waals surface area contributed by atoms with Gasteiger partial charge in [0, 0.05) is 0 Å². The van der Waals surface area contributed by atoms with Gasteiger partial charge in [-0.15, -0.1) is 11.0 Å². The maximum Gasteiger partial charge on any atom is 2.00 e. The molecule has 0 spiro atoms. The third kappa shape index (κ3) is 9.71. The van der Waals surface area contributed by atoms with Crippen molar-refractivity contribution in [1.29, 1.82) is 0 Å². The Morgan fingerprint density at radius 2 is 0.956 bits per heavy atom. The summed E-state index contributed by atoms with van der Waals surface area (Å²) >= 11 is 0. The van der Waals surface area contributed by atoms with E-state index < -0.39 is 31.3 Å². The number of quaternary nitrogens is 2. The predicted molar refractivity (Wildman–Crippen MR) is 143 cm³/mol. The molecule has 0 aromatic carbocycles. The van der Waals surface area contributed by atoms with Gasteiger partial charge in [0.2, 0.25) is 0 Å². The summed E-state index contributed by atoms with van der Waals surface area (Å²) in [6.07, 6.45) is 8.09. The Kier molecular flexibility index (Phi) is 11.9. The van der Waals surface area contributed by atoms with Crippen LogP contribution < -0.4 is 20.6 Å². The van der Waals surface area contributed by atoms with Crippen molar-refractivity contribution in [3.8, 4) is 0 Å². The zero-order valence-electron chi connectivity index (χ0n) is 22.6. The molecule has 5 rings (SSSR count). The number of hydrogen-bond acceptors (Lipinski definition) is 8. The van der Waals surface area contributed by atoms with Crippen molar-refractivity contribution in [3.05, 3.63) is 59.2 Å². The van der Waals surface area contributed by atoms with Gasteiger partial charge < -0.3 is 29.7 Å². The fourth-order valence-electron chi connectivity index (χ4n) is 3.59. The molecule has 244 valence electrons. The quantitative estimate of drug-likeness (QED) is 0.117. The molecule has 0 unspecified atom stereocenters. The first-order valence-corrected chi connectivity index (χ1v) is 14.7. The van der Waals surface area contributed by atoms with Crippen molar-refractivity contribution >= 4 is 78.0 Å². The summed E-state index contributed by atoms with van der Waals surface area (Å²) < 4.78 is 118. The Morgan fingerprint density at radius 1 is 0.644 bits per heavy atom. The molecule has 0 atom stereocenters. The zero-order chi connectivity index (χ0) is 33.1. The molecular weight excluding hydrogens is 702 g/mol. The molecule has 0 saturated carbocycles. The number of nitrogens with two attached hydrogens (primary N) is 2. The Balaban J connectivity index is 0.000000347. The molecule has 5 heterocycles. The van der Waals surface area contributed by atoms with Gasteiger partial charge in [-0.2, -0.15) is 26.3 Å². The van der Waals surface area contributed by atoms with Crippen molar-refractivity contribution in [3.63, 3.8) is 0 Å². The normalized spacial score (nSPS) is 12.8. The number of nitrogens with zero attached hydrogens (tertiary/aromatic N) is 4. The number of halogens is 6. The smallest absolute Gasteiger partial charge is 0.741 e. The molecule has 21 heteroatoms. The molecule has 45 heavy (non-hydrogen) atoms. The maximum atomic E-state index is 10.7. The van der Waals surface area contributed by atoms with Gasteiger partial charge in [-0.3, -0.25) is 0 Å². The van der Waals surface area contributed by atoms with Gasteiger partial charge in [0.25, 0.3) is 0 Å². The van der Waals surface area contributed by atoms with Crippen molar-refractivity contribution < 1.29 is 80.0 Å². The minimum Gasteiger partial charge on any atom is -0.741 e. The van der Waals surface area contributed by atoms with Crippen molar-refractivity contribution in [2.24, 2.45) is 0 Å². The summed E-state index contributed by atoms with van der Waals surface area (Å²) in [6.45, 7) is 0. The van der Waals surface area contributed by atoms with Crippen LogP contribution in [0.5, 0.6) is 0 Å². The molecule has 4 N–H and O–H groups in total. The van der Waals surface area contributed by atoms with Crippen LogP contribution in [-0.4, -0.2) is 61.0 Å². The minimum atomic E-state index is -6.09. The molecule has 12 nitrogen and oxygen atoms in total. The van der Waals surface area contributed by atoms with E-state index >= 15 is 0 Å². The Morgan fingerprint density at radius 3 is 1.22 bits per heavy atom. The van der Waals surface area contributed by atoms with Crippen LogP contribution in [0.3, 0.4) is 0 Å². The first kappa shape index (κ1) is 37.6. The predicted octanol–water partition coefficient (Wildman–Crippen LogP) is 1.66. The van der Waals surface area contributed by atoms with Crippen LogP contribution in [0.4, 0.5) is 37.7 Å². The molecule has 2 aliphatic rings. The standard InChI is InChI=1S/C22H18N6.2CHF3O3S.Fe/c1-23-21-17-7-3-13(25-17)11-15-5-9-19(27-15)22(24-2)20-10-6-16(28-20)12-14-4-8-18(21)26-14;2*2-1(3,4)8(5,6)7;/h3-12,23-24H,1-2H3;2*(H,5,6,7);/q-2;;;+2. The van der Waals surface area contributed by atoms with E-state index in [1.165, 1.54) is 0 Å². The van der Waals surface area contributed by atoms with Crippen LogP contribution >= 0.6 is 0 Å². The van der Waals surface area contributed by atoms with Gasteiger partial charge in [-0.05, 0) is 24.3 Å². The minimum absolute atomic E-state index is 0.